The lowest BCUT2D eigenvalue weighted by Crippen LogP contribution is -2.30. The van der Waals surface area contributed by atoms with Crippen LogP contribution in [0, 0.1) is 0 Å². The third-order valence-electron chi connectivity index (χ3n) is 4.39. The minimum Gasteiger partial charge on any atom is -0.493 e. The van der Waals surface area contributed by atoms with Crippen molar-refractivity contribution in [2.24, 2.45) is 4.99 Å². The number of nitrogens with one attached hydrogen (secondary N) is 2. The van der Waals surface area contributed by atoms with Crippen molar-refractivity contribution in [2.75, 3.05) is 25.6 Å². The van der Waals surface area contributed by atoms with Crippen molar-refractivity contribution >= 4 is 11.6 Å². The zero-order chi connectivity index (χ0) is 19.1. The molecule has 3 rings (SSSR count). The van der Waals surface area contributed by atoms with E-state index in [9.17, 15) is 0 Å². The van der Waals surface area contributed by atoms with Gasteiger partial charge in [0.2, 0.25) is 0 Å². The molecule has 146 valence electrons. The zero-order valence-corrected chi connectivity index (χ0v) is 16.3. The highest BCUT2D eigenvalue weighted by atomic mass is 16.5. The number of ether oxygens (including phenoxy) is 2. The van der Waals surface area contributed by atoms with Gasteiger partial charge in [-0.15, -0.1) is 10.2 Å². The Morgan fingerprint density at radius 3 is 2.89 bits per heavy atom. The fourth-order valence-electron chi connectivity index (χ4n) is 3.10. The smallest absolute Gasteiger partial charge is 0.196 e. The summed E-state index contributed by atoms with van der Waals surface area (Å²) in [4.78, 5) is 4.68. The molecule has 0 saturated heterocycles. The molecule has 0 saturated carbocycles. The molecule has 8 heteroatoms. The van der Waals surface area contributed by atoms with Gasteiger partial charge in [-0.1, -0.05) is 0 Å². The Kier molecular flexibility index (Phi) is 6.51. The van der Waals surface area contributed by atoms with Crippen LogP contribution in [-0.4, -0.2) is 41.0 Å². The van der Waals surface area contributed by atoms with Gasteiger partial charge >= 0.3 is 0 Å². The summed E-state index contributed by atoms with van der Waals surface area (Å²) in [6.07, 6.45) is 3.36. The van der Waals surface area contributed by atoms with Crippen LogP contribution in [0.4, 0.5) is 5.69 Å². The molecule has 1 aliphatic heterocycles. The number of nitrogens with zero attached hydrogens (tertiary/aromatic N) is 4. The SMILES string of the molecule is CCNC(=NCc1nnc2n1CCCC2)Nc1ccc(OC)c(OCC)c1. The Hall–Kier alpha value is -2.77. The lowest BCUT2D eigenvalue weighted by molar-refractivity contribution is 0.311. The van der Waals surface area contributed by atoms with Gasteiger partial charge in [-0.2, -0.15) is 0 Å². The molecule has 8 nitrogen and oxygen atoms in total. The molecule has 1 aromatic carbocycles. The lowest BCUT2D eigenvalue weighted by atomic mass is 10.2. The molecule has 2 aromatic rings. The third kappa shape index (κ3) is 4.69. The summed E-state index contributed by atoms with van der Waals surface area (Å²) < 4.78 is 13.2. The Morgan fingerprint density at radius 1 is 1.22 bits per heavy atom. The molecule has 2 N–H and O–H groups in total. The second-order valence-electron chi connectivity index (χ2n) is 6.26. The average Bonchev–Trinajstić information content (AvgIpc) is 3.10. The maximum absolute atomic E-state index is 5.64. The van der Waals surface area contributed by atoms with E-state index in [2.05, 4.69) is 30.4 Å². The van der Waals surface area contributed by atoms with Crippen LogP contribution in [0.1, 0.15) is 38.3 Å². The zero-order valence-electron chi connectivity index (χ0n) is 16.3. The molecule has 0 fully saturated rings. The predicted molar refractivity (Wildman–Crippen MR) is 106 cm³/mol. The van der Waals surface area contributed by atoms with E-state index in [1.54, 1.807) is 7.11 Å². The summed E-state index contributed by atoms with van der Waals surface area (Å²) in [6.45, 7) is 6.79. The summed E-state index contributed by atoms with van der Waals surface area (Å²) >= 11 is 0. The molecule has 1 aromatic heterocycles. The fraction of sp³-hybridized carbons (Fsp3) is 0.526. The number of aliphatic imine (C=N–C) groups is 1. The fourth-order valence-corrected chi connectivity index (χ4v) is 3.10. The molecule has 0 atom stereocenters. The molecule has 0 radical (unpaired) electrons. The minimum absolute atomic E-state index is 0.483. The largest absolute Gasteiger partial charge is 0.493 e. The Morgan fingerprint density at radius 2 is 2.11 bits per heavy atom. The molecule has 2 heterocycles. The van der Waals surface area contributed by atoms with E-state index in [-0.39, 0.29) is 0 Å². The molecule has 0 bridgehead atoms. The van der Waals surface area contributed by atoms with Crippen LogP contribution in [0.25, 0.3) is 0 Å². The van der Waals surface area contributed by atoms with Crippen molar-refractivity contribution in [3.05, 3.63) is 29.8 Å². The molecular weight excluding hydrogens is 344 g/mol. The first kappa shape index (κ1) is 19.0. The van der Waals surface area contributed by atoms with Gasteiger partial charge in [-0.25, -0.2) is 4.99 Å². The van der Waals surface area contributed by atoms with Gasteiger partial charge in [0.1, 0.15) is 12.4 Å². The Bertz CT molecular complexity index is 787. The van der Waals surface area contributed by atoms with E-state index < -0.39 is 0 Å². The van der Waals surface area contributed by atoms with Gasteiger partial charge in [0.05, 0.1) is 13.7 Å². The van der Waals surface area contributed by atoms with Crippen LogP contribution >= 0.6 is 0 Å². The first-order valence-electron chi connectivity index (χ1n) is 9.52. The monoisotopic (exact) mass is 372 g/mol. The van der Waals surface area contributed by atoms with Crippen molar-refractivity contribution < 1.29 is 9.47 Å². The van der Waals surface area contributed by atoms with Crippen molar-refractivity contribution in [3.8, 4) is 11.5 Å². The summed E-state index contributed by atoms with van der Waals surface area (Å²) in [5, 5.41) is 15.2. The maximum Gasteiger partial charge on any atom is 0.196 e. The molecule has 27 heavy (non-hydrogen) atoms. The molecule has 0 amide bonds. The number of benzene rings is 1. The van der Waals surface area contributed by atoms with E-state index >= 15 is 0 Å². The van der Waals surface area contributed by atoms with Gasteiger partial charge in [-0.05, 0) is 38.8 Å². The minimum atomic E-state index is 0.483. The number of fused-ring (bicyclic) bond motifs is 1. The quantitative estimate of drug-likeness (QED) is 0.574. The van der Waals surface area contributed by atoms with E-state index in [4.69, 9.17) is 9.47 Å². The summed E-state index contributed by atoms with van der Waals surface area (Å²) in [7, 11) is 1.63. The third-order valence-corrected chi connectivity index (χ3v) is 4.39. The van der Waals surface area contributed by atoms with Gasteiger partial charge in [0.15, 0.2) is 23.3 Å². The normalized spacial score (nSPS) is 13.8. The van der Waals surface area contributed by atoms with E-state index in [1.807, 2.05) is 32.0 Å². The van der Waals surface area contributed by atoms with Crippen molar-refractivity contribution in [1.29, 1.82) is 0 Å². The molecular formula is C19H28N6O2. The number of anilines is 1. The van der Waals surface area contributed by atoms with E-state index in [0.717, 1.165) is 36.8 Å². The Balaban J connectivity index is 1.74. The maximum atomic E-state index is 5.64. The van der Waals surface area contributed by atoms with Crippen LogP contribution in [-0.2, 0) is 19.5 Å². The molecule has 0 unspecified atom stereocenters. The number of aryl methyl sites for hydroxylation is 1. The number of rotatable bonds is 7. The van der Waals surface area contributed by atoms with Crippen molar-refractivity contribution in [3.63, 3.8) is 0 Å². The summed E-state index contributed by atoms with van der Waals surface area (Å²) in [6, 6.07) is 5.73. The topological polar surface area (TPSA) is 85.6 Å². The number of hydrogen-bond donors (Lipinski definition) is 2. The summed E-state index contributed by atoms with van der Waals surface area (Å²) in [5.41, 5.74) is 0.877. The lowest BCUT2D eigenvalue weighted by Gasteiger charge is -2.15. The van der Waals surface area contributed by atoms with Crippen LogP contribution in [0.2, 0.25) is 0 Å². The standard InChI is InChI=1S/C19H28N6O2/c1-4-20-19(21-13-18-24-23-17-8-6-7-11-25(17)18)22-14-9-10-15(26-3)16(12-14)27-5-2/h9-10,12H,4-8,11,13H2,1-3H3,(H2,20,21,22). The van der Waals surface area contributed by atoms with Crippen molar-refractivity contribution in [1.82, 2.24) is 20.1 Å². The summed E-state index contributed by atoms with van der Waals surface area (Å²) in [5.74, 6) is 4.08. The number of aromatic nitrogens is 3. The van der Waals surface area contributed by atoms with Gasteiger partial charge in [0, 0.05) is 31.3 Å². The number of guanidine groups is 1. The van der Waals surface area contributed by atoms with Crippen molar-refractivity contribution in [2.45, 2.75) is 46.2 Å². The van der Waals surface area contributed by atoms with Crippen LogP contribution < -0.4 is 20.1 Å². The second kappa shape index (κ2) is 9.25. The van der Waals surface area contributed by atoms with Crippen LogP contribution in [0.5, 0.6) is 11.5 Å². The number of hydrogen-bond acceptors (Lipinski definition) is 5. The van der Waals surface area contributed by atoms with Crippen LogP contribution in [0.15, 0.2) is 23.2 Å². The van der Waals surface area contributed by atoms with Crippen LogP contribution in [0.3, 0.4) is 0 Å². The van der Waals surface area contributed by atoms with E-state index in [0.29, 0.717) is 30.6 Å². The Labute approximate surface area is 160 Å². The first-order chi connectivity index (χ1) is 13.2. The highest BCUT2D eigenvalue weighted by Gasteiger charge is 2.15. The molecule has 0 aliphatic carbocycles. The highest BCUT2D eigenvalue weighted by Crippen LogP contribution is 2.30. The van der Waals surface area contributed by atoms with Gasteiger partial charge in [0.25, 0.3) is 0 Å². The number of methoxy groups -OCH3 is 1. The second-order valence-corrected chi connectivity index (χ2v) is 6.26. The van der Waals surface area contributed by atoms with E-state index in [1.165, 1.54) is 12.8 Å². The predicted octanol–water partition coefficient (Wildman–Crippen LogP) is 2.60. The first-order valence-corrected chi connectivity index (χ1v) is 9.52. The van der Waals surface area contributed by atoms with Gasteiger partial charge in [-0.3, -0.25) is 0 Å². The molecule has 0 spiro atoms. The average molecular weight is 372 g/mol. The highest BCUT2D eigenvalue weighted by molar-refractivity contribution is 5.93. The van der Waals surface area contributed by atoms with Gasteiger partial charge < -0.3 is 24.7 Å². The molecule has 1 aliphatic rings.